The molecule has 0 unspecified atom stereocenters. The van der Waals surface area contributed by atoms with Crippen molar-refractivity contribution in [2.45, 2.75) is 6.42 Å². The molecular weight excluding hydrogens is 272 g/mol. The Bertz CT molecular complexity index is 361. The van der Waals surface area contributed by atoms with E-state index >= 15 is 0 Å². The number of rotatable bonds is 10. The monoisotopic (exact) mass is 296 g/mol. The van der Waals surface area contributed by atoms with Crippen molar-refractivity contribution in [1.82, 2.24) is 13.9 Å². The van der Waals surface area contributed by atoms with E-state index in [1.165, 1.54) is 25.5 Å². The average Bonchev–Trinajstić information content (AvgIpc) is 2.35. The highest BCUT2D eigenvalue weighted by molar-refractivity contribution is 7.86. The summed E-state index contributed by atoms with van der Waals surface area (Å²) in [5.41, 5.74) is 5.33. The van der Waals surface area contributed by atoms with Crippen molar-refractivity contribution in [2.24, 2.45) is 5.73 Å². The number of carbonyl (C=O) groups is 1. The molecule has 0 heterocycles. The second kappa shape index (κ2) is 9.21. The quantitative estimate of drug-likeness (QED) is 0.463. The van der Waals surface area contributed by atoms with E-state index in [1.54, 1.807) is 0 Å². The van der Waals surface area contributed by atoms with Gasteiger partial charge in [-0.1, -0.05) is 0 Å². The molecule has 0 aromatic rings. The molecule has 0 aromatic heterocycles. The van der Waals surface area contributed by atoms with Crippen molar-refractivity contribution in [1.29, 1.82) is 0 Å². The van der Waals surface area contributed by atoms with Gasteiger partial charge in [-0.05, 0) is 13.0 Å². The molecule has 0 saturated carbocycles. The Labute approximate surface area is 115 Å². The number of nitrogens with zero attached hydrogens (tertiary/aromatic N) is 2. The summed E-state index contributed by atoms with van der Waals surface area (Å²) in [6.07, 6.45) is 0.573. The van der Waals surface area contributed by atoms with Gasteiger partial charge in [-0.2, -0.15) is 17.0 Å². The third kappa shape index (κ3) is 6.83. The van der Waals surface area contributed by atoms with Crippen molar-refractivity contribution in [3.05, 3.63) is 0 Å². The van der Waals surface area contributed by atoms with E-state index in [-0.39, 0.29) is 12.5 Å². The SMILES string of the molecule is COCCNC(=O)CN(C)S(=O)(=O)N(C)CCCN. The smallest absolute Gasteiger partial charge is 0.281 e. The Morgan fingerprint density at radius 3 is 2.47 bits per heavy atom. The summed E-state index contributed by atoms with van der Waals surface area (Å²) in [5.74, 6) is -0.365. The van der Waals surface area contributed by atoms with Crippen LogP contribution in [0.25, 0.3) is 0 Å². The molecule has 0 aliphatic rings. The van der Waals surface area contributed by atoms with Gasteiger partial charge in [0.25, 0.3) is 10.2 Å². The van der Waals surface area contributed by atoms with Crippen LogP contribution in [0, 0.1) is 0 Å². The molecule has 0 bridgehead atoms. The summed E-state index contributed by atoms with van der Waals surface area (Å²) in [7, 11) is 0.733. The van der Waals surface area contributed by atoms with Crippen LogP contribution in [0.3, 0.4) is 0 Å². The fourth-order valence-electron chi connectivity index (χ4n) is 1.30. The minimum absolute atomic E-state index is 0.223. The van der Waals surface area contributed by atoms with E-state index in [1.807, 2.05) is 0 Å². The molecule has 0 rings (SSSR count). The average molecular weight is 296 g/mol. The van der Waals surface area contributed by atoms with Gasteiger partial charge in [0.2, 0.25) is 5.91 Å². The second-order valence-corrected chi connectivity index (χ2v) is 6.21. The zero-order valence-corrected chi connectivity index (χ0v) is 12.6. The first-order chi connectivity index (χ1) is 8.86. The van der Waals surface area contributed by atoms with Crippen LogP contribution >= 0.6 is 0 Å². The van der Waals surface area contributed by atoms with Gasteiger partial charge in [-0.15, -0.1) is 0 Å². The summed E-state index contributed by atoms with van der Waals surface area (Å²) < 4.78 is 31.0. The number of ether oxygens (including phenoxy) is 1. The molecule has 19 heavy (non-hydrogen) atoms. The number of hydrogen-bond acceptors (Lipinski definition) is 5. The van der Waals surface area contributed by atoms with Crippen LogP contribution in [0.1, 0.15) is 6.42 Å². The number of amides is 1. The van der Waals surface area contributed by atoms with Gasteiger partial charge in [-0.3, -0.25) is 4.79 Å². The van der Waals surface area contributed by atoms with Crippen LogP contribution in [-0.4, -0.2) is 76.9 Å². The number of nitrogens with one attached hydrogen (secondary N) is 1. The first kappa shape index (κ1) is 18.3. The maximum atomic E-state index is 12.0. The summed E-state index contributed by atoms with van der Waals surface area (Å²) in [5, 5.41) is 2.56. The molecule has 1 amide bonds. The molecule has 114 valence electrons. The van der Waals surface area contributed by atoms with Gasteiger partial charge in [-0.25, -0.2) is 0 Å². The Balaban J connectivity index is 4.30. The molecule has 3 N–H and O–H groups in total. The maximum absolute atomic E-state index is 12.0. The van der Waals surface area contributed by atoms with Gasteiger partial charge < -0.3 is 15.8 Å². The van der Waals surface area contributed by atoms with E-state index < -0.39 is 10.2 Å². The Hall–Kier alpha value is -0.740. The third-order valence-electron chi connectivity index (χ3n) is 2.46. The normalized spacial score (nSPS) is 12.1. The fraction of sp³-hybridized carbons (Fsp3) is 0.900. The van der Waals surface area contributed by atoms with Gasteiger partial charge in [0, 0.05) is 34.3 Å². The lowest BCUT2D eigenvalue weighted by Gasteiger charge is -2.23. The van der Waals surface area contributed by atoms with Gasteiger partial charge in [0.1, 0.15) is 0 Å². The van der Waals surface area contributed by atoms with E-state index in [4.69, 9.17) is 10.5 Å². The van der Waals surface area contributed by atoms with E-state index in [0.717, 1.165) is 4.31 Å². The molecule has 0 radical (unpaired) electrons. The molecule has 0 spiro atoms. The van der Waals surface area contributed by atoms with Crippen molar-refractivity contribution in [3.8, 4) is 0 Å². The molecule has 0 aliphatic heterocycles. The standard InChI is InChI=1S/C10H24N4O4S/c1-13(7-4-5-11)19(16,17)14(2)9-10(15)12-6-8-18-3/h4-9,11H2,1-3H3,(H,12,15). The van der Waals surface area contributed by atoms with Gasteiger partial charge >= 0.3 is 0 Å². The number of methoxy groups -OCH3 is 1. The molecule has 8 nitrogen and oxygen atoms in total. The van der Waals surface area contributed by atoms with Crippen molar-refractivity contribution >= 4 is 16.1 Å². The second-order valence-electron chi connectivity index (χ2n) is 4.07. The molecule has 0 aromatic carbocycles. The zero-order valence-electron chi connectivity index (χ0n) is 11.8. The molecule has 0 atom stereocenters. The van der Waals surface area contributed by atoms with Crippen molar-refractivity contribution in [2.75, 3.05) is 54.0 Å². The highest BCUT2D eigenvalue weighted by Gasteiger charge is 2.24. The Morgan fingerprint density at radius 1 is 1.32 bits per heavy atom. The molecule has 0 aliphatic carbocycles. The molecule has 0 saturated heterocycles. The van der Waals surface area contributed by atoms with Crippen LogP contribution in [-0.2, 0) is 19.7 Å². The van der Waals surface area contributed by atoms with Crippen molar-refractivity contribution < 1.29 is 17.9 Å². The topological polar surface area (TPSA) is 105 Å². The summed E-state index contributed by atoms with van der Waals surface area (Å²) >= 11 is 0. The van der Waals surface area contributed by atoms with E-state index in [2.05, 4.69) is 5.32 Å². The van der Waals surface area contributed by atoms with E-state index in [9.17, 15) is 13.2 Å². The minimum Gasteiger partial charge on any atom is -0.383 e. The summed E-state index contributed by atoms with van der Waals surface area (Å²) in [6.45, 7) is 1.26. The predicted molar refractivity (Wildman–Crippen MR) is 72.7 cm³/mol. The lowest BCUT2D eigenvalue weighted by molar-refractivity contribution is -0.121. The third-order valence-corrected chi connectivity index (χ3v) is 4.35. The lowest BCUT2D eigenvalue weighted by atomic mass is 10.4. The zero-order chi connectivity index (χ0) is 14.9. The van der Waals surface area contributed by atoms with Crippen LogP contribution in [0.15, 0.2) is 0 Å². The first-order valence-corrected chi connectivity index (χ1v) is 7.39. The molecule has 0 fully saturated rings. The molecule has 9 heteroatoms. The number of hydrogen-bond donors (Lipinski definition) is 2. The summed E-state index contributed by atoms with van der Waals surface area (Å²) in [4.78, 5) is 11.5. The van der Waals surface area contributed by atoms with Crippen LogP contribution in [0.2, 0.25) is 0 Å². The van der Waals surface area contributed by atoms with Crippen LogP contribution < -0.4 is 11.1 Å². The first-order valence-electron chi connectivity index (χ1n) is 5.99. The Morgan fingerprint density at radius 2 is 1.95 bits per heavy atom. The van der Waals surface area contributed by atoms with Gasteiger partial charge in [0.05, 0.1) is 13.2 Å². The fourth-order valence-corrected chi connectivity index (χ4v) is 2.42. The lowest BCUT2D eigenvalue weighted by Crippen LogP contribution is -2.45. The van der Waals surface area contributed by atoms with Crippen LogP contribution in [0.4, 0.5) is 0 Å². The number of nitrogens with two attached hydrogens (primary N) is 1. The minimum atomic E-state index is -3.62. The Kier molecular flexibility index (Phi) is 8.85. The van der Waals surface area contributed by atoms with E-state index in [0.29, 0.717) is 32.7 Å². The summed E-state index contributed by atoms with van der Waals surface area (Å²) in [6, 6.07) is 0. The largest absolute Gasteiger partial charge is 0.383 e. The number of likely N-dealkylation sites (N-methyl/N-ethyl adjacent to an activating group) is 1. The van der Waals surface area contributed by atoms with Gasteiger partial charge in [0.15, 0.2) is 0 Å². The maximum Gasteiger partial charge on any atom is 0.281 e. The predicted octanol–water partition coefficient (Wildman–Crippen LogP) is -1.79. The highest BCUT2D eigenvalue weighted by atomic mass is 32.2. The highest BCUT2D eigenvalue weighted by Crippen LogP contribution is 2.03. The van der Waals surface area contributed by atoms with Crippen LogP contribution in [0.5, 0.6) is 0 Å². The van der Waals surface area contributed by atoms with Crippen molar-refractivity contribution in [3.63, 3.8) is 0 Å². The number of carbonyl (C=O) groups excluding carboxylic acids is 1. The molecular formula is C10H24N4O4S.